The van der Waals surface area contributed by atoms with Crippen molar-refractivity contribution < 1.29 is 28.6 Å². The number of nitrogens with one attached hydrogen (secondary N) is 2. The molecule has 0 heterocycles. The Morgan fingerprint density at radius 1 is 0.975 bits per heavy atom. The van der Waals surface area contributed by atoms with Gasteiger partial charge in [0.25, 0.3) is 17.7 Å². The van der Waals surface area contributed by atoms with E-state index < -0.39 is 29.9 Å². The van der Waals surface area contributed by atoms with Crippen molar-refractivity contribution in [1.29, 1.82) is 0 Å². The van der Waals surface area contributed by atoms with Crippen LogP contribution in [0.5, 0.6) is 17.2 Å². The summed E-state index contributed by atoms with van der Waals surface area (Å²) in [5.41, 5.74) is 8.98. The summed E-state index contributed by atoms with van der Waals surface area (Å²) in [6, 6.07) is 17.7. The second-order valence-corrected chi connectivity index (χ2v) is 9.33. The number of primary amides is 1. The highest BCUT2D eigenvalue weighted by molar-refractivity contribution is 6.35. The molecular formula is C28H28Cl2N4O6. The van der Waals surface area contributed by atoms with Crippen molar-refractivity contribution in [2.24, 2.45) is 10.8 Å². The van der Waals surface area contributed by atoms with Gasteiger partial charge < -0.3 is 25.3 Å². The van der Waals surface area contributed by atoms with Gasteiger partial charge in [0.15, 0.2) is 24.2 Å². The van der Waals surface area contributed by atoms with Crippen LogP contribution in [0.3, 0.4) is 0 Å². The van der Waals surface area contributed by atoms with Crippen LogP contribution >= 0.6 is 23.2 Å². The summed E-state index contributed by atoms with van der Waals surface area (Å²) in [6.07, 6.45) is 0.645. The van der Waals surface area contributed by atoms with Crippen LogP contribution in [0.1, 0.15) is 18.1 Å². The minimum absolute atomic E-state index is 0.210. The van der Waals surface area contributed by atoms with Crippen LogP contribution in [-0.4, -0.2) is 49.8 Å². The molecule has 0 unspecified atom stereocenters. The lowest BCUT2D eigenvalue weighted by Gasteiger charge is -2.21. The Hall–Kier alpha value is -4.28. The average molecular weight is 587 g/mol. The van der Waals surface area contributed by atoms with Gasteiger partial charge in [0.2, 0.25) is 0 Å². The van der Waals surface area contributed by atoms with Gasteiger partial charge in [-0.2, -0.15) is 5.10 Å². The lowest BCUT2D eigenvalue weighted by Crippen LogP contribution is -2.50. The second-order valence-electron chi connectivity index (χ2n) is 8.49. The first kappa shape index (κ1) is 30.3. The van der Waals surface area contributed by atoms with Gasteiger partial charge >= 0.3 is 0 Å². The summed E-state index contributed by atoms with van der Waals surface area (Å²) in [6.45, 7) is 1.24. The van der Waals surface area contributed by atoms with E-state index in [1.165, 1.54) is 19.4 Å². The van der Waals surface area contributed by atoms with Crippen LogP contribution < -0.4 is 30.7 Å². The van der Waals surface area contributed by atoms with Gasteiger partial charge in [0.1, 0.15) is 11.8 Å². The fourth-order valence-electron chi connectivity index (χ4n) is 3.44. The van der Waals surface area contributed by atoms with Gasteiger partial charge in [-0.1, -0.05) is 53.5 Å². The number of carbonyl (C=O) groups excluding carboxylic acids is 3. The van der Waals surface area contributed by atoms with E-state index in [0.29, 0.717) is 22.1 Å². The summed E-state index contributed by atoms with van der Waals surface area (Å²) in [7, 11) is 1.44. The topological polar surface area (TPSA) is 141 Å². The van der Waals surface area contributed by atoms with Crippen LogP contribution in [-0.2, 0) is 20.8 Å². The van der Waals surface area contributed by atoms with E-state index >= 15 is 0 Å². The maximum atomic E-state index is 13.1. The SMILES string of the molecule is COc1cc(/C=N\NC(=O)[C@H](Cc2ccccc2)NC(=O)[C@H](C)Oc2ccc(Cl)cc2Cl)ccc1OCC(N)=O. The van der Waals surface area contributed by atoms with Gasteiger partial charge in [0.05, 0.1) is 18.3 Å². The number of nitrogens with two attached hydrogens (primary N) is 1. The highest BCUT2D eigenvalue weighted by Crippen LogP contribution is 2.29. The molecule has 0 aliphatic rings. The van der Waals surface area contributed by atoms with Crippen LogP contribution in [0.25, 0.3) is 0 Å². The molecule has 0 aliphatic carbocycles. The second kappa shape index (κ2) is 14.8. The number of halogens is 2. The van der Waals surface area contributed by atoms with Gasteiger partial charge in [-0.25, -0.2) is 5.43 Å². The van der Waals surface area contributed by atoms with Crippen molar-refractivity contribution in [2.75, 3.05) is 13.7 Å². The van der Waals surface area contributed by atoms with Crippen molar-refractivity contribution in [3.8, 4) is 17.2 Å². The summed E-state index contributed by atoms with van der Waals surface area (Å²) in [5.74, 6) is -0.739. The monoisotopic (exact) mass is 586 g/mol. The molecule has 4 N–H and O–H groups in total. The van der Waals surface area contributed by atoms with Crippen molar-refractivity contribution >= 4 is 47.1 Å². The van der Waals surface area contributed by atoms with E-state index in [1.807, 2.05) is 30.3 Å². The number of hydrogen-bond acceptors (Lipinski definition) is 7. The smallest absolute Gasteiger partial charge is 0.262 e. The van der Waals surface area contributed by atoms with Gasteiger partial charge in [-0.3, -0.25) is 14.4 Å². The quantitative estimate of drug-likeness (QED) is 0.207. The number of hydrogen-bond donors (Lipinski definition) is 3. The molecule has 0 radical (unpaired) electrons. The van der Waals surface area contributed by atoms with E-state index in [2.05, 4.69) is 15.8 Å². The van der Waals surface area contributed by atoms with E-state index in [0.717, 1.165) is 5.56 Å². The Bertz CT molecular complexity index is 1370. The molecule has 0 saturated heterocycles. The van der Waals surface area contributed by atoms with E-state index in [4.69, 9.17) is 43.1 Å². The summed E-state index contributed by atoms with van der Waals surface area (Å²) in [4.78, 5) is 37.0. The lowest BCUT2D eigenvalue weighted by atomic mass is 10.1. The largest absolute Gasteiger partial charge is 0.493 e. The third kappa shape index (κ3) is 9.18. The van der Waals surface area contributed by atoms with Gasteiger partial charge in [-0.05, 0) is 54.4 Å². The first-order valence-corrected chi connectivity index (χ1v) is 12.8. The Balaban J connectivity index is 1.69. The minimum Gasteiger partial charge on any atom is -0.493 e. The molecule has 0 spiro atoms. The van der Waals surface area contributed by atoms with Crippen LogP contribution in [0.4, 0.5) is 0 Å². The Kier molecular flexibility index (Phi) is 11.2. The van der Waals surface area contributed by atoms with Crippen molar-refractivity contribution in [1.82, 2.24) is 10.7 Å². The zero-order chi connectivity index (χ0) is 29.1. The number of ether oxygens (including phenoxy) is 3. The number of amides is 3. The van der Waals surface area contributed by atoms with Crippen molar-refractivity contribution in [3.63, 3.8) is 0 Å². The van der Waals surface area contributed by atoms with E-state index in [1.54, 1.807) is 37.3 Å². The number of benzene rings is 3. The van der Waals surface area contributed by atoms with Crippen molar-refractivity contribution in [3.05, 3.63) is 87.9 Å². The van der Waals surface area contributed by atoms with Crippen molar-refractivity contribution in [2.45, 2.75) is 25.5 Å². The zero-order valence-electron chi connectivity index (χ0n) is 21.7. The third-order valence-corrected chi connectivity index (χ3v) is 5.96. The number of methoxy groups -OCH3 is 1. The Morgan fingerprint density at radius 3 is 2.38 bits per heavy atom. The molecule has 3 amide bonds. The van der Waals surface area contributed by atoms with Gasteiger partial charge in [0, 0.05) is 11.4 Å². The maximum absolute atomic E-state index is 13.1. The summed E-state index contributed by atoms with van der Waals surface area (Å²) >= 11 is 12.1. The average Bonchev–Trinajstić information content (AvgIpc) is 2.93. The molecule has 3 aromatic carbocycles. The zero-order valence-corrected chi connectivity index (χ0v) is 23.2. The molecule has 10 nitrogen and oxygen atoms in total. The number of nitrogens with zero attached hydrogens (tertiary/aromatic N) is 1. The molecule has 0 saturated carbocycles. The van der Waals surface area contributed by atoms with E-state index in [9.17, 15) is 14.4 Å². The lowest BCUT2D eigenvalue weighted by molar-refractivity contribution is -0.132. The molecule has 0 aromatic heterocycles. The van der Waals surface area contributed by atoms with Crippen LogP contribution in [0.2, 0.25) is 10.0 Å². The normalized spacial score (nSPS) is 12.3. The maximum Gasteiger partial charge on any atom is 0.262 e. The molecule has 3 aromatic rings. The molecule has 12 heteroatoms. The van der Waals surface area contributed by atoms with E-state index in [-0.39, 0.29) is 23.8 Å². The Labute approximate surface area is 241 Å². The highest BCUT2D eigenvalue weighted by Gasteiger charge is 2.25. The molecule has 210 valence electrons. The first-order chi connectivity index (χ1) is 19.2. The number of rotatable bonds is 13. The predicted molar refractivity (Wildman–Crippen MR) is 152 cm³/mol. The minimum atomic E-state index is -0.962. The summed E-state index contributed by atoms with van der Waals surface area (Å²) in [5, 5.41) is 7.42. The Morgan fingerprint density at radius 2 is 1.70 bits per heavy atom. The fourth-order valence-corrected chi connectivity index (χ4v) is 3.90. The molecule has 0 fully saturated rings. The highest BCUT2D eigenvalue weighted by atomic mass is 35.5. The molecule has 2 atom stereocenters. The molecule has 0 bridgehead atoms. The number of carbonyl (C=O) groups is 3. The van der Waals surface area contributed by atoms with Crippen LogP contribution in [0.15, 0.2) is 71.8 Å². The standard InChI is InChI=1S/C28H28Cl2N4O6/c1-17(40-23-11-9-20(29)14-21(23)30)27(36)33-22(12-18-6-4-3-5-7-18)28(37)34-32-15-19-8-10-24(25(13-19)38-2)39-16-26(31)35/h3-11,13-15,17,22H,12,16H2,1-2H3,(H2,31,35)(H,33,36)(H,34,37)/b32-15-/t17-,22-/m0/s1. The van der Waals surface area contributed by atoms with Gasteiger partial charge in [-0.15, -0.1) is 0 Å². The first-order valence-electron chi connectivity index (χ1n) is 12.0. The van der Waals surface area contributed by atoms with Crippen LogP contribution in [0, 0.1) is 0 Å². The third-order valence-electron chi connectivity index (χ3n) is 5.43. The molecule has 40 heavy (non-hydrogen) atoms. The fraction of sp³-hybridized carbons (Fsp3) is 0.214. The predicted octanol–water partition coefficient (Wildman–Crippen LogP) is 3.51. The number of hydrazone groups is 1. The molecule has 0 aliphatic heterocycles. The molecule has 3 rings (SSSR count). The summed E-state index contributed by atoms with van der Waals surface area (Å²) < 4.78 is 16.3. The molecular weight excluding hydrogens is 559 g/mol.